The van der Waals surface area contributed by atoms with Gasteiger partial charge in [0.25, 0.3) is 0 Å². The summed E-state index contributed by atoms with van der Waals surface area (Å²) < 4.78 is 12.6. The average Bonchev–Trinajstić information content (AvgIpc) is 2.17. The van der Waals surface area contributed by atoms with Gasteiger partial charge in [0.15, 0.2) is 0 Å². The molecule has 0 saturated heterocycles. The summed E-state index contributed by atoms with van der Waals surface area (Å²) in [6.07, 6.45) is 0.720. The van der Waals surface area contributed by atoms with Gasteiger partial charge in [-0.25, -0.2) is 4.39 Å². The molecule has 1 atom stereocenters. The van der Waals surface area contributed by atoms with Gasteiger partial charge in [0.2, 0.25) is 0 Å². The fourth-order valence-electron chi connectivity index (χ4n) is 1.30. The molecule has 1 aromatic rings. The average molecular weight is 213 g/mol. The van der Waals surface area contributed by atoms with Crippen molar-refractivity contribution in [3.05, 3.63) is 29.8 Å². The zero-order chi connectivity index (χ0) is 11.5. The maximum absolute atomic E-state index is 12.6. The largest absolute Gasteiger partial charge is 0.481 e. The van der Waals surface area contributed by atoms with Crippen molar-refractivity contribution in [1.82, 2.24) is 4.98 Å². The fourth-order valence-corrected chi connectivity index (χ4v) is 1.30. The lowest BCUT2D eigenvalue weighted by Gasteiger charge is -2.23. The van der Waals surface area contributed by atoms with Crippen molar-refractivity contribution in [2.75, 3.05) is 0 Å². The van der Waals surface area contributed by atoms with E-state index >= 15 is 0 Å². The van der Waals surface area contributed by atoms with Crippen LogP contribution in [0.5, 0.6) is 0 Å². The number of carbonyl (C=O) groups is 1. The monoisotopic (exact) mass is 213 g/mol. The van der Waals surface area contributed by atoms with Crippen LogP contribution in [-0.4, -0.2) is 21.2 Å². The molecule has 82 valence electrons. The second-order valence-corrected chi connectivity index (χ2v) is 3.32. The molecular formula is C10H12FNO3. The molecule has 0 bridgehead atoms. The van der Waals surface area contributed by atoms with E-state index in [9.17, 15) is 14.3 Å². The number of pyridine rings is 1. The third kappa shape index (κ3) is 2.73. The second kappa shape index (κ2) is 4.35. The Bertz CT molecular complexity index is 352. The van der Waals surface area contributed by atoms with E-state index in [1.165, 1.54) is 6.07 Å². The van der Waals surface area contributed by atoms with Gasteiger partial charge in [-0.15, -0.1) is 0 Å². The Morgan fingerprint density at radius 3 is 2.67 bits per heavy atom. The quantitative estimate of drug-likeness (QED) is 0.790. The highest BCUT2D eigenvalue weighted by molar-refractivity contribution is 5.68. The number of hydrogen-bond donors (Lipinski definition) is 2. The summed E-state index contributed by atoms with van der Waals surface area (Å²) in [5.41, 5.74) is -1.35. The van der Waals surface area contributed by atoms with E-state index < -0.39 is 23.8 Å². The molecular weight excluding hydrogens is 201 g/mol. The molecule has 0 amide bonds. The number of aliphatic carboxylic acids is 1. The molecule has 0 radical (unpaired) electrons. The number of nitrogens with zero attached hydrogens (tertiary/aromatic N) is 1. The summed E-state index contributed by atoms with van der Waals surface area (Å²) in [7, 11) is 0. The molecule has 1 aromatic heterocycles. The number of aromatic nitrogens is 1. The molecule has 1 heterocycles. The summed E-state index contributed by atoms with van der Waals surface area (Å²) in [5.74, 6) is -1.64. The molecule has 1 rings (SSSR count). The number of carboxylic acid groups (broad SMARTS) is 1. The predicted octanol–water partition coefficient (Wildman–Crippen LogP) is 1.29. The highest BCUT2D eigenvalue weighted by Gasteiger charge is 2.31. The van der Waals surface area contributed by atoms with Crippen LogP contribution in [0.1, 0.15) is 25.5 Å². The summed E-state index contributed by atoms with van der Waals surface area (Å²) in [6.45, 7) is 1.65. The summed E-state index contributed by atoms with van der Waals surface area (Å²) >= 11 is 0. The lowest BCUT2D eigenvalue weighted by molar-refractivity contribution is -0.143. The molecule has 0 aliphatic rings. The lowest BCUT2D eigenvalue weighted by atomic mass is 9.92. The predicted molar refractivity (Wildman–Crippen MR) is 50.6 cm³/mol. The third-order valence-electron chi connectivity index (χ3n) is 2.23. The van der Waals surface area contributed by atoms with Crippen molar-refractivity contribution in [2.24, 2.45) is 0 Å². The minimum Gasteiger partial charge on any atom is -0.481 e. The Morgan fingerprint density at radius 1 is 1.60 bits per heavy atom. The Kier molecular flexibility index (Phi) is 3.36. The fraction of sp³-hybridized carbons (Fsp3) is 0.400. The Balaban J connectivity index is 3.00. The van der Waals surface area contributed by atoms with Crippen molar-refractivity contribution in [3.8, 4) is 0 Å². The van der Waals surface area contributed by atoms with Gasteiger partial charge in [-0.1, -0.05) is 6.92 Å². The molecule has 0 fully saturated rings. The van der Waals surface area contributed by atoms with Crippen LogP contribution in [0.2, 0.25) is 0 Å². The van der Waals surface area contributed by atoms with E-state index in [1.807, 2.05) is 0 Å². The molecule has 5 heteroatoms. The number of carboxylic acids is 1. The maximum atomic E-state index is 12.6. The minimum absolute atomic E-state index is 0.175. The van der Waals surface area contributed by atoms with Crippen LogP contribution < -0.4 is 0 Å². The Hall–Kier alpha value is -1.49. The Morgan fingerprint density at radius 2 is 2.27 bits per heavy atom. The van der Waals surface area contributed by atoms with E-state index in [1.54, 1.807) is 6.92 Å². The first-order chi connectivity index (χ1) is 6.98. The van der Waals surface area contributed by atoms with Crippen LogP contribution in [0, 0.1) is 5.82 Å². The summed E-state index contributed by atoms with van der Waals surface area (Å²) in [4.78, 5) is 14.2. The molecule has 0 spiro atoms. The highest BCUT2D eigenvalue weighted by atomic mass is 19.1. The van der Waals surface area contributed by atoms with Crippen LogP contribution in [0.3, 0.4) is 0 Å². The number of halogens is 1. The van der Waals surface area contributed by atoms with Gasteiger partial charge in [-0.2, -0.15) is 0 Å². The first kappa shape index (κ1) is 11.6. The van der Waals surface area contributed by atoms with E-state index in [4.69, 9.17) is 5.11 Å². The molecule has 1 unspecified atom stereocenters. The van der Waals surface area contributed by atoms with Crippen molar-refractivity contribution < 1.29 is 19.4 Å². The molecule has 0 saturated carbocycles. The zero-order valence-corrected chi connectivity index (χ0v) is 8.27. The maximum Gasteiger partial charge on any atom is 0.306 e. The third-order valence-corrected chi connectivity index (χ3v) is 2.23. The number of rotatable bonds is 4. The van der Waals surface area contributed by atoms with Gasteiger partial charge >= 0.3 is 5.97 Å². The number of hydrogen-bond acceptors (Lipinski definition) is 3. The SMILES string of the molecule is CCC(O)(CC(=O)O)c1ccc(F)cn1. The normalized spacial score (nSPS) is 14.6. The molecule has 2 N–H and O–H groups in total. The topological polar surface area (TPSA) is 70.4 Å². The first-order valence-electron chi connectivity index (χ1n) is 4.54. The smallest absolute Gasteiger partial charge is 0.306 e. The first-order valence-corrected chi connectivity index (χ1v) is 4.54. The number of aliphatic hydroxyl groups is 1. The van der Waals surface area contributed by atoms with E-state index in [0.29, 0.717) is 0 Å². The molecule has 4 nitrogen and oxygen atoms in total. The second-order valence-electron chi connectivity index (χ2n) is 3.32. The van der Waals surface area contributed by atoms with Crippen LogP contribution >= 0.6 is 0 Å². The van der Waals surface area contributed by atoms with Gasteiger partial charge in [0, 0.05) is 0 Å². The molecule has 0 aliphatic carbocycles. The molecule has 0 aliphatic heterocycles. The highest BCUT2D eigenvalue weighted by Crippen LogP contribution is 2.26. The van der Waals surface area contributed by atoms with E-state index in [2.05, 4.69) is 4.98 Å². The van der Waals surface area contributed by atoms with Crippen LogP contribution in [0.4, 0.5) is 4.39 Å². The van der Waals surface area contributed by atoms with Gasteiger partial charge in [0.1, 0.15) is 11.4 Å². The van der Waals surface area contributed by atoms with Crippen LogP contribution in [-0.2, 0) is 10.4 Å². The van der Waals surface area contributed by atoms with Gasteiger partial charge in [0.05, 0.1) is 18.3 Å². The molecule has 0 aromatic carbocycles. The zero-order valence-electron chi connectivity index (χ0n) is 8.27. The van der Waals surface area contributed by atoms with Gasteiger partial charge in [-0.05, 0) is 18.6 Å². The van der Waals surface area contributed by atoms with Crippen molar-refractivity contribution in [2.45, 2.75) is 25.4 Å². The van der Waals surface area contributed by atoms with Crippen molar-refractivity contribution in [1.29, 1.82) is 0 Å². The minimum atomic E-state index is -1.53. The summed E-state index contributed by atoms with van der Waals surface area (Å²) in [5, 5.41) is 18.6. The van der Waals surface area contributed by atoms with Crippen LogP contribution in [0.15, 0.2) is 18.3 Å². The Labute approximate surface area is 86.4 Å². The van der Waals surface area contributed by atoms with Crippen molar-refractivity contribution >= 4 is 5.97 Å². The van der Waals surface area contributed by atoms with E-state index in [0.717, 1.165) is 12.3 Å². The van der Waals surface area contributed by atoms with E-state index in [-0.39, 0.29) is 12.1 Å². The molecule has 15 heavy (non-hydrogen) atoms. The van der Waals surface area contributed by atoms with Crippen LogP contribution in [0.25, 0.3) is 0 Å². The van der Waals surface area contributed by atoms with Gasteiger partial charge < -0.3 is 10.2 Å². The lowest BCUT2D eigenvalue weighted by Crippen LogP contribution is -2.29. The van der Waals surface area contributed by atoms with Gasteiger partial charge in [-0.3, -0.25) is 9.78 Å². The standard InChI is InChI=1S/C10H12FNO3/c1-2-10(15,5-9(13)14)8-4-3-7(11)6-12-8/h3-4,6,15H,2,5H2,1H3,(H,13,14). The summed E-state index contributed by atoms with van der Waals surface area (Å²) in [6, 6.07) is 2.44. The van der Waals surface area contributed by atoms with Crippen molar-refractivity contribution in [3.63, 3.8) is 0 Å².